The van der Waals surface area contributed by atoms with Crippen LogP contribution in [0.15, 0.2) is 11.1 Å². The number of thioether (sulfide) groups is 1. The second-order valence-electron chi connectivity index (χ2n) is 3.10. The molecular weight excluding hydrogens is 226 g/mol. The van der Waals surface area contributed by atoms with Crippen LogP contribution in [-0.2, 0) is 9.53 Å². The molecule has 0 radical (unpaired) electrons. The van der Waals surface area contributed by atoms with Gasteiger partial charge in [-0.2, -0.15) is 0 Å². The summed E-state index contributed by atoms with van der Waals surface area (Å²) in [5.41, 5.74) is 0.903. The van der Waals surface area contributed by atoms with Gasteiger partial charge < -0.3 is 10.1 Å². The molecule has 6 heteroatoms. The first kappa shape index (κ1) is 12.8. The van der Waals surface area contributed by atoms with E-state index >= 15 is 0 Å². The molecule has 1 rings (SSSR count). The summed E-state index contributed by atoms with van der Waals surface area (Å²) in [6, 6.07) is 1.89. The molecule has 0 bridgehead atoms. The van der Waals surface area contributed by atoms with Crippen LogP contribution >= 0.6 is 11.8 Å². The second kappa shape index (κ2) is 6.32. The number of nitrogens with one attached hydrogen (secondary N) is 1. The number of esters is 1. The lowest BCUT2D eigenvalue weighted by Gasteiger charge is -2.04. The van der Waals surface area contributed by atoms with Gasteiger partial charge in [0.1, 0.15) is 5.03 Å². The predicted molar refractivity (Wildman–Crippen MR) is 63.7 cm³/mol. The monoisotopic (exact) mass is 241 g/mol. The van der Waals surface area contributed by atoms with Gasteiger partial charge in [0.25, 0.3) is 0 Å². The van der Waals surface area contributed by atoms with Gasteiger partial charge in [-0.3, -0.25) is 4.79 Å². The van der Waals surface area contributed by atoms with Crippen molar-refractivity contribution in [2.45, 2.75) is 18.4 Å². The first-order valence-corrected chi connectivity index (χ1v) is 5.87. The van der Waals surface area contributed by atoms with E-state index < -0.39 is 0 Å². The highest BCUT2D eigenvalue weighted by Gasteiger charge is 2.04. The highest BCUT2D eigenvalue weighted by Crippen LogP contribution is 2.18. The molecule has 0 amide bonds. The highest BCUT2D eigenvalue weighted by atomic mass is 32.2. The maximum atomic E-state index is 10.9. The number of aryl methyl sites for hydroxylation is 1. The van der Waals surface area contributed by atoms with Crippen LogP contribution in [0.5, 0.6) is 0 Å². The van der Waals surface area contributed by atoms with Crippen LogP contribution < -0.4 is 5.32 Å². The number of carbonyl (C=O) groups excluding carboxylic acids is 1. The number of methoxy groups -OCH3 is 1. The number of carbonyl (C=O) groups is 1. The van der Waals surface area contributed by atoms with Crippen LogP contribution in [0, 0.1) is 6.92 Å². The average molecular weight is 241 g/mol. The Kier molecular flexibility index (Phi) is 5.04. The number of rotatable bonds is 5. The third-order valence-corrected chi connectivity index (χ3v) is 2.75. The lowest BCUT2D eigenvalue weighted by atomic mass is 10.5. The molecule has 0 saturated carbocycles. The Morgan fingerprint density at radius 1 is 1.56 bits per heavy atom. The highest BCUT2D eigenvalue weighted by molar-refractivity contribution is 7.99. The van der Waals surface area contributed by atoms with Gasteiger partial charge in [0, 0.05) is 18.5 Å². The number of ether oxygens (including phenoxy) is 1. The second-order valence-corrected chi connectivity index (χ2v) is 4.21. The quantitative estimate of drug-likeness (QED) is 0.478. The minimum atomic E-state index is -0.202. The van der Waals surface area contributed by atoms with Gasteiger partial charge in [-0.15, -0.1) is 11.8 Å². The minimum absolute atomic E-state index is 0.202. The van der Waals surface area contributed by atoms with Gasteiger partial charge in [0.2, 0.25) is 5.95 Å². The van der Waals surface area contributed by atoms with Gasteiger partial charge in [0.15, 0.2) is 0 Å². The fourth-order valence-corrected chi connectivity index (χ4v) is 1.95. The van der Waals surface area contributed by atoms with Crippen molar-refractivity contribution in [3.05, 3.63) is 11.8 Å². The summed E-state index contributed by atoms with van der Waals surface area (Å²) in [6.07, 6.45) is 0.388. The molecule has 0 aliphatic heterocycles. The van der Waals surface area contributed by atoms with E-state index in [-0.39, 0.29) is 5.97 Å². The van der Waals surface area contributed by atoms with E-state index in [1.54, 1.807) is 7.05 Å². The summed E-state index contributed by atoms with van der Waals surface area (Å²) in [7, 11) is 3.17. The van der Waals surface area contributed by atoms with E-state index in [2.05, 4.69) is 20.0 Å². The first-order valence-electron chi connectivity index (χ1n) is 4.88. The number of hydrogen-bond acceptors (Lipinski definition) is 6. The smallest absolute Gasteiger partial charge is 0.306 e. The first-order chi connectivity index (χ1) is 7.65. The molecule has 1 aromatic heterocycles. The number of nitrogens with zero attached hydrogens (tertiary/aromatic N) is 2. The molecule has 0 aliphatic rings. The maximum Gasteiger partial charge on any atom is 0.306 e. The largest absolute Gasteiger partial charge is 0.469 e. The third-order valence-electron chi connectivity index (χ3n) is 1.84. The van der Waals surface area contributed by atoms with Crippen LogP contribution in [-0.4, -0.2) is 35.8 Å². The molecule has 1 aromatic rings. The van der Waals surface area contributed by atoms with E-state index in [0.29, 0.717) is 18.1 Å². The lowest BCUT2D eigenvalue weighted by Crippen LogP contribution is -2.02. The van der Waals surface area contributed by atoms with Crippen molar-refractivity contribution in [1.82, 2.24) is 9.97 Å². The Hall–Kier alpha value is -1.30. The van der Waals surface area contributed by atoms with Crippen molar-refractivity contribution in [2.24, 2.45) is 0 Å². The molecule has 0 atom stereocenters. The Balaban J connectivity index is 2.53. The van der Waals surface area contributed by atoms with Crippen LogP contribution in [0.2, 0.25) is 0 Å². The molecule has 0 unspecified atom stereocenters. The molecule has 16 heavy (non-hydrogen) atoms. The lowest BCUT2D eigenvalue weighted by molar-refractivity contribution is -0.140. The summed E-state index contributed by atoms with van der Waals surface area (Å²) in [6.45, 7) is 1.91. The van der Waals surface area contributed by atoms with E-state index in [9.17, 15) is 4.79 Å². The Bertz CT molecular complexity index is 371. The summed E-state index contributed by atoms with van der Waals surface area (Å²) < 4.78 is 4.56. The van der Waals surface area contributed by atoms with Crippen molar-refractivity contribution in [3.8, 4) is 0 Å². The summed E-state index contributed by atoms with van der Waals surface area (Å²) in [4.78, 5) is 19.4. The summed E-state index contributed by atoms with van der Waals surface area (Å²) >= 11 is 1.52. The molecule has 0 aliphatic carbocycles. The van der Waals surface area contributed by atoms with Crippen molar-refractivity contribution < 1.29 is 9.53 Å². The molecule has 5 nitrogen and oxygen atoms in total. The molecular formula is C10H15N3O2S. The normalized spacial score (nSPS) is 9.94. The van der Waals surface area contributed by atoms with Gasteiger partial charge in [-0.05, 0) is 13.0 Å². The van der Waals surface area contributed by atoms with Gasteiger partial charge in [-0.25, -0.2) is 9.97 Å². The Labute approximate surface area is 99.0 Å². The van der Waals surface area contributed by atoms with Crippen molar-refractivity contribution >= 4 is 23.7 Å². The van der Waals surface area contributed by atoms with E-state index in [0.717, 1.165) is 10.7 Å². The molecule has 1 heterocycles. The van der Waals surface area contributed by atoms with Crippen LogP contribution in [0.1, 0.15) is 12.1 Å². The number of anilines is 1. The zero-order valence-electron chi connectivity index (χ0n) is 9.61. The average Bonchev–Trinajstić information content (AvgIpc) is 2.28. The Morgan fingerprint density at radius 2 is 2.31 bits per heavy atom. The molecule has 0 spiro atoms. The van der Waals surface area contributed by atoms with Crippen molar-refractivity contribution in [2.75, 3.05) is 25.2 Å². The summed E-state index contributed by atoms with van der Waals surface area (Å²) in [5, 5.41) is 3.75. The number of aromatic nitrogens is 2. The molecule has 0 fully saturated rings. The van der Waals surface area contributed by atoms with Gasteiger partial charge >= 0.3 is 5.97 Å². The van der Waals surface area contributed by atoms with E-state index in [4.69, 9.17) is 0 Å². The third kappa shape index (κ3) is 4.06. The topological polar surface area (TPSA) is 64.1 Å². The van der Waals surface area contributed by atoms with Gasteiger partial charge in [-0.1, -0.05) is 0 Å². The summed E-state index contributed by atoms with van der Waals surface area (Å²) in [5.74, 6) is 1.06. The van der Waals surface area contributed by atoms with Crippen LogP contribution in [0.4, 0.5) is 5.95 Å². The SMILES string of the molecule is CNc1nc(C)cc(SCCC(=O)OC)n1. The van der Waals surface area contributed by atoms with Gasteiger partial charge in [0.05, 0.1) is 13.5 Å². The van der Waals surface area contributed by atoms with E-state index in [1.807, 2.05) is 13.0 Å². The number of hydrogen-bond donors (Lipinski definition) is 1. The fourth-order valence-electron chi connectivity index (χ4n) is 1.07. The zero-order valence-corrected chi connectivity index (χ0v) is 10.4. The van der Waals surface area contributed by atoms with Crippen molar-refractivity contribution in [3.63, 3.8) is 0 Å². The molecule has 0 aromatic carbocycles. The Morgan fingerprint density at radius 3 is 2.94 bits per heavy atom. The fraction of sp³-hybridized carbons (Fsp3) is 0.500. The van der Waals surface area contributed by atoms with Crippen LogP contribution in [0.25, 0.3) is 0 Å². The maximum absolute atomic E-state index is 10.9. The van der Waals surface area contributed by atoms with E-state index in [1.165, 1.54) is 18.9 Å². The minimum Gasteiger partial charge on any atom is -0.469 e. The standard InChI is InChI=1S/C10H15N3O2S/c1-7-6-8(13-10(11-2)12-7)16-5-4-9(14)15-3/h6H,4-5H2,1-3H3,(H,11,12,13). The molecule has 0 saturated heterocycles. The predicted octanol–water partition coefficient (Wildman–Crippen LogP) is 1.48. The van der Waals surface area contributed by atoms with Crippen molar-refractivity contribution in [1.29, 1.82) is 0 Å². The molecule has 88 valence electrons. The molecule has 1 N–H and O–H groups in total. The zero-order chi connectivity index (χ0) is 12.0. The van der Waals surface area contributed by atoms with Crippen LogP contribution in [0.3, 0.4) is 0 Å².